The molecule has 0 spiro atoms. The maximum atomic E-state index is 11.0. The highest BCUT2D eigenvalue weighted by molar-refractivity contribution is 7.81. The van der Waals surface area contributed by atoms with Crippen LogP contribution in [-0.2, 0) is 23.2 Å². The van der Waals surface area contributed by atoms with Crippen molar-refractivity contribution in [3.8, 4) is 22.6 Å². The second-order valence-electron chi connectivity index (χ2n) is 6.29. The van der Waals surface area contributed by atoms with E-state index in [0.717, 1.165) is 30.5 Å². The molecule has 1 atom stereocenters. The molecule has 0 bridgehead atoms. The molecule has 126 valence electrons. The summed E-state index contributed by atoms with van der Waals surface area (Å²) in [5.74, 6) is -0.526. The van der Waals surface area contributed by atoms with Gasteiger partial charge in [-0.1, -0.05) is 24.3 Å². The number of rotatable bonds is 2. The van der Waals surface area contributed by atoms with Crippen LogP contribution < -0.4 is 4.18 Å². The van der Waals surface area contributed by atoms with Crippen LogP contribution in [-0.4, -0.2) is 36.6 Å². The van der Waals surface area contributed by atoms with Gasteiger partial charge in [-0.05, 0) is 48.2 Å². The third-order valence-corrected chi connectivity index (χ3v) is 5.29. The van der Waals surface area contributed by atoms with Gasteiger partial charge in [0.25, 0.3) is 0 Å². The van der Waals surface area contributed by atoms with Gasteiger partial charge in [0.15, 0.2) is 11.5 Å². The second-order valence-corrected chi connectivity index (χ2v) is 7.31. The molecule has 2 aromatic rings. The SMILES string of the molecule is CN1CCc2cccc3c2C1Cc1ccc(OS(=O)(=O)O)c(O)c1-3. The smallest absolute Gasteiger partial charge is 0.446 e. The van der Waals surface area contributed by atoms with Crippen LogP contribution in [0.3, 0.4) is 0 Å². The Morgan fingerprint density at radius 2 is 2.00 bits per heavy atom. The first-order valence-corrected chi connectivity index (χ1v) is 9.06. The summed E-state index contributed by atoms with van der Waals surface area (Å²) in [6, 6.07) is 9.33. The van der Waals surface area contributed by atoms with E-state index < -0.39 is 10.4 Å². The quantitative estimate of drug-likeness (QED) is 0.811. The predicted octanol–water partition coefficient (Wildman–Crippen LogP) is 2.33. The Kier molecular flexibility index (Phi) is 3.35. The Morgan fingerprint density at radius 1 is 1.21 bits per heavy atom. The summed E-state index contributed by atoms with van der Waals surface area (Å²) >= 11 is 0. The molecule has 2 N–H and O–H groups in total. The fourth-order valence-corrected chi connectivity index (χ4v) is 4.21. The zero-order valence-corrected chi connectivity index (χ0v) is 13.9. The zero-order valence-electron chi connectivity index (χ0n) is 13.1. The molecule has 4 rings (SSSR count). The van der Waals surface area contributed by atoms with Crippen LogP contribution in [0.5, 0.6) is 11.5 Å². The first-order valence-electron chi connectivity index (χ1n) is 7.69. The summed E-state index contributed by atoms with van der Waals surface area (Å²) < 4.78 is 35.4. The van der Waals surface area contributed by atoms with Crippen LogP contribution in [0.1, 0.15) is 22.7 Å². The molecule has 0 saturated carbocycles. The van der Waals surface area contributed by atoms with Crippen LogP contribution in [0.25, 0.3) is 11.1 Å². The van der Waals surface area contributed by atoms with Gasteiger partial charge in [0.2, 0.25) is 0 Å². The van der Waals surface area contributed by atoms with E-state index in [1.165, 1.54) is 17.2 Å². The summed E-state index contributed by atoms with van der Waals surface area (Å²) in [6.07, 6.45) is 1.67. The molecule has 7 heteroatoms. The van der Waals surface area contributed by atoms with Crippen molar-refractivity contribution >= 4 is 10.4 Å². The minimum Gasteiger partial charge on any atom is -0.504 e. The second kappa shape index (κ2) is 5.20. The monoisotopic (exact) mass is 347 g/mol. The fraction of sp³-hybridized carbons (Fsp3) is 0.294. The van der Waals surface area contributed by atoms with Crippen molar-refractivity contribution in [2.24, 2.45) is 0 Å². The minimum atomic E-state index is -4.69. The molecule has 1 heterocycles. The molecule has 0 aromatic heterocycles. The lowest BCUT2D eigenvalue weighted by Gasteiger charge is -2.39. The van der Waals surface area contributed by atoms with Crippen molar-refractivity contribution < 1.29 is 22.3 Å². The molecule has 0 saturated heterocycles. The summed E-state index contributed by atoms with van der Waals surface area (Å²) in [7, 11) is -2.60. The molecule has 0 radical (unpaired) electrons. The van der Waals surface area contributed by atoms with E-state index in [0.29, 0.717) is 5.56 Å². The van der Waals surface area contributed by atoms with Crippen molar-refractivity contribution in [3.05, 3.63) is 47.0 Å². The van der Waals surface area contributed by atoms with E-state index in [4.69, 9.17) is 4.55 Å². The van der Waals surface area contributed by atoms with E-state index in [-0.39, 0.29) is 17.5 Å². The topological polar surface area (TPSA) is 87.1 Å². The van der Waals surface area contributed by atoms with E-state index in [1.807, 2.05) is 12.1 Å². The maximum Gasteiger partial charge on any atom is 0.446 e. The molecular formula is C17H17NO5S. The van der Waals surface area contributed by atoms with Crippen molar-refractivity contribution in [2.45, 2.75) is 18.9 Å². The molecule has 1 aliphatic heterocycles. The number of likely N-dealkylation sites (N-methyl/N-ethyl adjacent to an activating group) is 1. The Hall–Kier alpha value is -2.09. The van der Waals surface area contributed by atoms with E-state index in [2.05, 4.69) is 22.2 Å². The standard InChI is InChI=1S/C17H17NO5S/c1-18-8-7-10-3-2-4-12-15(10)13(18)9-11-5-6-14(17(19)16(11)12)23-24(20,21)22/h2-6,13,19H,7-9H2,1H3,(H,20,21,22). The van der Waals surface area contributed by atoms with Crippen LogP contribution in [0, 0.1) is 0 Å². The summed E-state index contributed by atoms with van der Waals surface area (Å²) in [4.78, 5) is 2.30. The Morgan fingerprint density at radius 3 is 2.75 bits per heavy atom. The van der Waals surface area contributed by atoms with Gasteiger partial charge < -0.3 is 9.29 Å². The number of phenolic OH excluding ortho intramolecular Hbond substituents is 1. The number of benzene rings is 2. The van der Waals surface area contributed by atoms with Crippen LogP contribution in [0.2, 0.25) is 0 Å². The van der Waals surface area contributed by atoms with Crippen molar-refractivity contribution in [1.82, 2.24) is 4.90 Å². The van der Waals surface area contributed by atoms with Crippen LogP contribution in [0.15, 0.2) is 30.3 Å². The number of hydrogen-bond acceptors (Lipinski definition) is 5. The van der Waals surface area contributed by atoms with Crippen molar-refractivity contribution in [2.75, 3.05) is 13.6 Å². The average molecular weight is 347 g/mol. The summed E-state index contributed by atoms with van der Waals surface area (Å²) in [6.45, 7) is 0.979. The first kappa shape index (κ1) is 15.4. The van der Waals surface area contributed by atoms with Gasteiger partial charge in [-0.15, -0.1) is 0 Å². The molecule has 24 heavy (non-hydrogen) atoms. The molecule has 2 aliphatic rings. The van der Waals surface area contributed by atoms with Crippen molar-refractivity contribution in [3.63, 3.8) is 0 Å². The predicted molar refractivity (Wildman–Crippen MR) is 88.5 cm³/mol. The van der Waals surface area contributed by atoms with Crippen LogP contribution >= 0.6 is 0 Å². The molecule has 0 fully saturated rings. The third-order valence-electron chi connectivity index (χ3n) is 4.90. The first-order chi connectivity index (χ1) is 11.3. The lowest BCUT2D eigenvalue weighted by atomic mass is 9.77. The lowest BCUT2D eigenvalue weighted by Crippen LogP contribution is -2.35. The van der Waals surface area contributed by atoms with Gasteiger partial charge in [0.1, 0.15) is 0 Å². The van der Waals surface area contributed by atoms with E-state index >= 15 is 0 Å². The lowest BCUT2D eigenvalue weighted by molar-refractivity contribution is 0.228. The average Bonchev–Trinajstić information content (AvgIpc) is 2.52. The van der Waals surface area contributed by atoms with Crippen LogP contribution in [0.4, 0.5) is 0 Å². The Labute approximate surface area is 140 Å². The van der Waals surface area contributed by atoms with Gasteiger partial charge in [0.05, 0.1) is 0 Å². The number of hydrogen-bond donors (Lipinski definition) is 2. The van der Waals surface area contributed by atoms with E-state index in [1.54, 1.807) is 6.07 Å². The minimum absolute atomic E-state index is 0.241. The van der Waals surface area contributed by atoms with Gasteiger partial charge in [-0.3, -0.25) is 9.45 Å². The largest absolute Gasteiger partial charge is 0.504 e. The maximum absolute atomic E-state index is 11.0. The number of phenols is 1. The molecule has 1 aliphatic carbocycles. The molecule has 0 amide bonds. The number of nitrogens with zero attached hydrogens (tertiary/aromatic N) is 1. The number of aromatic hydroxyl groups is 1. The summed E-state index contributed by atoms with van der Waals surface area (Å²) in [5, 5.41) is 10.6. The highest BCUT2D eigenvalue weighted by atomic mass is 32.3. The normalized spacial score (nSPS) is 19.5. The zero-order chi connectivity index (χ0) is 17.1. The van der Waals surface area contributed by atoms with Gasteiger partial charge in [-0.2, -0.15) is 8.42 Å². The molecular weight excluding hydrogens is 330 g/mol. The van der Waals surface area contributed by atoms with Crippen molar-refractivity contribution in [1.29, 1.82) is 0 Å². The molecule has 1 unspecified atom stereocenters. The fourth-order valence-electron chi connectivity index (χ4n) is 3.85. The van der Waals surface area contributed by atoms with E-state index in [9.17, 15) is 13.5 Å². The Balaban J connectivity index is 1.94. The molecule has 6 nitrogen and oxygen atoms in total. The van der Waals surface area contributed by atoms with Gasteiger partial charge >= 0.3 is 10.4 Å². The highest BCUT2D eigenvalue weighted by Crippen LogP contribution is 2.50. The third kappa shape index (κ3) is 2.36. The Bertz CT molecular complexity index is 938. The highest BCUT2D eigenvalue weighted by Gasteiger charge is 2.34. The van der Waals surface area contributed by atoms with Gasteiger partial charge in [-0.25, -0.2) is 0 Å². The summed E-state index contributed by atoms with van der Waals surface area (Å²) in [5.41, 5.74) is 4.83. The number of fused-ring (bicyclic) bond motifs is 2. The molecule has 2 aromatic carbocycles. The van der Waals surface area contributed by atoms with Gasteiger partial charge in [0, 0.05) is 18.2 Å².